The number of benzene rings is 2. The van der Waals surface area contributed by atoms with Crippen LogP contribution in [0.25, 0.3) is 11.1 Å². The van der Waals surface area contributed by atoms with E-state index in [2.05, 4.69) is 11.9 Å². The molecule has 5 heteroatoms. The van der Waals surface area contributed by atoms with Gasteiger partial charge in [-0.05, 0) is 43.7 Å². The Hall–Kier alpha value is -3.08. The van der Waals surface area contributed by atoms with E-state index >= 15 is 0 Å². The van der Waals surface area contributed by atoms with Crippen LogP contribution >= 0.6 is 0 Å². The van der Waals surface area contributed by atoms with Crippen molar-refractivity contribution in [3.63, 3.8) is 0 Å². The Morgan fingerprint density at radius 3 is 2.75 bits per heavy atom. The predicted molar refractivity (Wildman–Crippen MR) is 94.5 cm³/mol. The molecule has 0 bridgehead atoms. The number of nitrogens with one attached hydrogen (secondary N) is 1. The molecule has 1 N–H and O–H groups in total. The van der Waals surface area contributed by atoms with Crippen LogP contribution in [0.4, 0.5) is 5.69 Å². The average molecular weight is 322 g/mol. The minimum atomic E-state index is -0.461. The molecule has 1 amide bonds. The van der Waals surface area contributed by atoms with Crippen molar-refractivity contribution >= 4 is 22.7 Å². The van der Waals surface area contributed by atoms with Gasteiger partial charge in [0.25, 0.3) is 5.91 Å². The molecule has 0 saturated carbocycles. The molecule has 0 atom stereocenters. The number of carbonyl (C=O) groups is 1. The van der Waals surface area contributed by atoms with Gasteiger partial charge in [-0.2, -0.15) is 0 Å². The van der Waals surface area contributed by atoms with Gasteiger partial charge in [-0.1, -0.05) is 23.8 Å². The first-order valence-electron chi connectivity index (χ1n) is 7.62. The molecule has 1 heterocycles. The number of allylic oxidation sites excluding steroid dienone is 1. The molecule has 0 fully saturated rings. The summed E-state index contributed by atoms with van der Waals surface area (Å²) in [5.41, 5.74) is 4.38. The lowest BCUT2D eigenvalue weighted by Gasteiger charge is -2.09. The first kappa shape index (κ1) is 15.8. The Morgan fingerprint density at radius 1 is 1.25 bits per heavy atom. The van der Waals surface area contributed by atoms with Crippen LogP contribution in [-0.4, -0.2) is 10.5 Å². The molecule has 122 valence electrons. The number of aromatic nitrogens is 1. The molecule has 0 radical (unpaired) electrons. The van der Waals surface area contributed by atoms with Crippen LogP contribution in [0.5, 0.6) is 0 Å². The number of nitrogens with zero attached hydrogens (tertiary/aromatic N) is 1. The predicted octanol–water partition coefficient (Wildman–Crippen LogP) is 3.65. The van der Waals surface area contributed by atoms with Crippen molar-refractivity contribution in [2.75, 3.05) is 5.32 Å². The third-order valence-corrected chi connectivity index (χ3v) is 3.87. The number of oxazole rings is 1. The fourth-order valence-electron chi connectivity index (χ4n) is 2.65. The van der Waals surface area contributed by atoms with E-state index in [1.54, 1.807) is 24.3 Å². The molecule has 1 aromatic heterocycles. The maximum Gasteiger partial charge on any atom is 0.420 e. The second-order valence-electron chi connectivity index (χ2n) is 5.72. The van der Waals surface area contributed by atoms with Crippen molar-refractivity contribution in [3.05, 3.63) is 76.3 Å². The van der Waals surface area contributed by atoms with Crippen LogP contribution in [0.1, 0.15) is 21.5 Å². The normalized spacial score (nSPS) is 10.8. The standard InChI is InChI=1S/C19H18N2O3/c1-4-9-21-16-11-14(6-8-17(16)24-19(21)23)18(22)20-15-7-5-12(2)10-13(15)3/h4-8,10-11H,1,9H2,2-3H3,(H,20,22). The largest absolute Gasteiger partial charge is 0.420 e. The third kappa shape index (κ3) is 2.88. The summed E-state index contributed by atoms with van der Waals surface area (Å²) >= 11 is 0. The average Bonchev–Trinajstić information content (AvgIpc) is 2.85. The lowest BCUT2D eigenvalue weighted by Crippen LogP contribution is -2.14. The van der Waals surface area contributed by atoms with E-state index in [1.165, 1.54) is 4.57 Å². The van der Waals surface area contributed by atoms with Crippen LogP contribution in [0, 0.1) is 13.8 Å². The van der Waals surface area contributed by atoms with Gasteiger partial charge >= 0.3 is 5.76 Å². The van der Waals surface area contributed by atoms with Gasteiger partial charge in [0, 0.05) is 17.8 Å². The van der Waals surface area contributed by atoms with Crippen molar-refractivity contribution in [3.8, 4) is 0 Å². The molecule has 24 heavy (non-hydrogen) atoms. The summed E-state index contributed by atoms with van der Waals surface area (Å²) < 4.78 is 6.61. The van der Waals surface area contributed by atoms with Crippen molar-refractivity contribution in [1.29, 1.82) is 0 Å². The highest BCUT2D eigenvalue weighted by molar-refractivity contribution is 6.06. The van der Waals surface area contributed by atoms with Gasteiger partial charge < -0.3 is 9.73 Å². The number of hydrogen-bond donors (Lipinski definition) is 1. The van der Waals surface area contributed by atoms with E-state index in [-0.39, 0.29) is 5.91 Å². The van der Waals surface area contributed by atoms with Crippen LogP contribution in [0.2, 0.25) is 0 Å². The SMILES string of the molecule is C=CCn1c(=O)oc2ccc(C(=O)Nc3ccc(C)cc3C)cc21. The Kier molecular flexibility index (Phi) is 4.08. The highest BCUT2D eigenvalue weighted by Crippen LogP contribution is 2.19. The Bertz CT molecular complexity index is 996. The topological polar surface area (TPSA) is 64.2 Å². The first-order valence-corrected chi connectivity index (χ1v) is 7.62. The second kappa shape index (κ2) is 6.20. The zero-order valence-corrected chi connectivity index (χ0v) is 13.6. The van der Waals surface area contributed by atoms with Crippen molar-refractivity contribution in [2.24, 2.45) is 0 Å². The first-order chi connectivity index (χ1) is 11.5. The summed E-state index contributed by atoms with van der Waals surface area (Å²) in [7, 11) is 0. The number of anilines is 1. The monoisotopic (exact) mass is 322 g/mol. The van der Waals surface area contributed by atoms with Crippen LogP contribution in [0.3, 0.4) is 0 Å². The summed E-state index contributed by atoms with van der Waals surface area (Å²) in [6.07, 6.45) is 1.61. The van der Waals surface area contributed by atoms with E-state index < -0.39 is 5.76 Å². The summed E-state index contributed by atoms with van der Waals surface area (Å²) in [5, 5.41) is 2.90. The maximum absolute atomic E-state index is 12.5. The highest BCUT2D eigenvalue weighted by atomic mass is 16.4. The maximum atomic E-state index is 12.5. The van der Waals surface area contributed by atoms with Crippen molar-refractivity contribution in [1.82, 2.24) is 4.57 Å². The van der Waals surface area contributed by atoms with Gasteiger partial charge in [0.1, 0.15) is 0 Å². The third-order valence-electron chi connectivity index (χ3n) is 3.87. The lowest BCUT2D eigenvalue weighted by molar-refractivity contribution is 0.102. The van der Waals surface area contributed by atoms with Crippen molar-refractivity contribution < 1.29 is 9.21 Å². The van der Waals surface area contributed by atoms with Crippen LogP contribution in [0.15, 0.2) is 58.3 Å². The summed E-state index contributed by atoms with van der Waals surface area (Å²) in [6.45, 7) is 7.91. The number of hydrogen-bond acceptors (Lipinski definition) is 3. The number of aryl methyl sites for hydroxylation is 2. The van der Waals surface area contributed by atoms with Gasteiger partial charge in [-0.15, -0.1) is 6.58 Å². The molecule has 0 spiro atoms. The molecule has 0 aliphatic rings. The molecule has 0 aliphatic carbocycles. The quantitative estimate of drug-likeness (QED) is 0.746. The number of fused-ring (bicyclic) bond motifs is 1. The second-order valence-corrected chi connectivity index (χ2v) is 5.72. The van der Waals surface area contributed by atoms with E-state index in [0.29, 0.717) is 23.2 Å². The fraction of sp³-hybridized carbons (Fsp3) is 0.158. The Balaban J connectivity index is 1.96. The van der Waals surface area contributed by atoms with Gasteiger partial charge in [0.05, 0.1) is 5.52 Å². The molecule has 0 aliphatic heterocycles. The van der Waals surface area contributed by atoms with Gasteiger partial charge in [-0.3, -0.25) is 9.36 Å². The van der Waals surface area contributed by atoms with Crippen LogP contribution < -0.4 is 11.1 Å². The summed E-state index contributed by atoms with van der Waals surface area (Å²) in [6, 6.07) is 10.8. The number of amides is 1. The smallest absolute Gasteiger partial charge is 0.408 e. The van der Waals surface area contributed by atoms with Gasteiger partial charge in [-0.25, -0.2) is 4.79 Å². The molecule has 0 unspecified atom stereocenters. The number of carbonyl (C=O) groups excluding carboxylic acids is 1. The van der Waals surface area contributed by atoms with Gasteiger partial charge in [0.2, 0.25) is 0 Å². The molecular formula is C19H18N2O3. The van der Waals surface area contributed by atoms with E-state index in [9.17, 15) is 9.59 Å². The van der Waals surface area contributed by atoms with E-state index in [4.69, 9.17) is 4.42 Å². The molecule has 5 nitrogen and oxygen atoms in total. The molecule has 3 aromatic rings. The van der Waals surface area contributed by atoms with Crippen molar-refractivity contribution in [2.45, 2.75) is 20.4 Å². The Labute approximate surface area is 139 Å². The Morgan fingerprint density at radius 2 is 2.04 bits per heavy atom. The van der Waals surface area contributed by atoms with Crippen LogP contribution in [-0.2, 0) is 6.54 Å². The molecule has 2 aromatic carbocycles. The summed E-state index contributed by atoms with van der Waals surface area (Å²) in [5.74, 6) is -0.695. The molecular weight excluding hydrogens is 304 g/mol. The minimum absolute atomic E-state index is 0.234. The zero-order chi connectivity index (χ0) is 17.3. The lowest BCUT2D eigenvalue weighted by atomic mass is 10.1. The summed E-state index contributed by atoms with van der Waals surface area (Å²) in [4.78, 5) is 24.3. The molecule has 3 rings (SSSR count). The van der Waals surface area contributed by atoms with Gasteiger partial charge in [0.15, 0.2) is 5.58 Å². The molecule has 0 saturated heterocycles. The fourth-order valence-corrected chi connectivity index (χ4v) is 2.65. The zero-order valence-electron chi connectivity index (χ0n) is 13.6. The number of rotatable bonds is 4. The highest BCUT2D eigenvalue weighted by Gasteiger charge is 2.13. The van der Waals surface area contributed by atoms with E-state index in [0.717, 1.165) is 16.8 Å². The minimum Gasteiger partial charge on any atom is -0.408 e. The van der Waals surface area contributed by atoms with E-state index in [1.807, 2.05) is 32.0 Å².